The lowest BCUT2D eigenvalue weighted by Crippen LogP contribution is -2.11. The van der Waals surface area contributed by atoms with Crippen LogP contribution in [0.25, 0.3) is 5.78 Å². The van der Waals surface area contributed by atoms with Crippen LogP contribution >= 0.6 is 23.4 Å². The van der Waals surface area contributed by atoms with E-state index in [9.17, 15) is 4.79 Å². The molecule has 1 aromatic carbocycles. The third-order valence-electron chi connectivity index (χ3n) is 3.40. The maximum absolute atomic E-state index is 12.0. The lowest BCUT2D eigenvalue weighted by Gasteiger charge is -2.05. The Kier molecular flexibility index (Phi) is 5.35. The van der Waals surface area contributed by atoms with Gasteiger partial charge in [0.05, 0.1) is 11.3 Å². The minimum atomic E-state index is -0.463. The number of halogens is 1. The first-order valence-electron chi connectivity index (χ1n) is 7.46. The topological polar surface area (TPSA) is 69.4 Å². The average molecular weight is 375 g/mol. The molecule has 0 aliphatic rings. The molecule has 0 N–H and O–H groups in total. The molecule has 0 atom stereocenters. The number of thioether (sulfide) groups is 1. The van der Waals surface area contributed by atoms with Crippen molar-refractivity contribution in [2.24, 2.45) is 0 Å². The van der Waals surface area contributed by atoms with Crippen molar-refractivity contribution in [2.75, 3.05) is 6.61 Å². The maximum Gasteiger partial charge on any atom is 0.341 e. The van der Waals surface area contributed by atoms with Gasteiger partial charge >= 0.3 is 5.97 Å². The van der Waals surface area contributed by atoms with Crippen molar-refractivity contribution in [1.82, 2.24) is 19.6 Å². The Morgan fingerprint density at radius 2 is 2.32 bits per heavy atom. The van der Waals surface area contributed by atoms with Crippen LogP contribution in [0.5, 0.6) is 0 Å². The summed E-state index contributed by atoms with van der Waals surface area (Å²) in [6, 6.07) is 7.63. The first-order chi connectivity index (χ1) is 12.1. The van der Waals surface area contributed by atoms with Crippen LogP contribution in [0.15, 0.2) is 48.3 Å². The van der Waals surface area contributed by atoms with Gasteiger partial charge in [-0.15, -0.1) is 5.10 Å². The summed E-state index contributed by atoms with van der Waals surface area (Å²) in [7, 11) is 0. The molecule has 128 valence electrons. The van der Waals surface area contributed by atoms with Crippen molar-refractivity contribution in [3.05, 3.63) is 65.0 Å². The highest BCUT2D eigenvalue weighted by molar-refractivity contribution is 7.98. The van der Waals surface area contributed by atoms with Gasteiger partial charge in [0.15, 0.2) is 0 Å². The van der Waals surface area contributed by atoms with Crippen LogP contribution in [0.3, 0.4) is 0 Å². The summed E-state index contributed by atoms with van der Waals surface area (Å²) < 4.78 is 6.60. The van der Waals surface area contributed by atoms with Crippen LogP contribution in [0.2, 0.25) is 5.02 Å². The fourth-order valence-electron chi connectivity index (χ4n) is 2.17. The standard InChI is InChI=1S/C17H15ClN4O2S/c1-3-7-24-15(23)14-9-19-16-20-17(21-22(16)11(14)2)25-10-12-5-4-6-13(18)8-12/h3-6,8-9H,1,7,10H2,2H3. The van der Waals surface area contributed by atoms with Crippen molar-refractivity contribution < 1.29 is 9.53 Å². The molecule has 2 aromatic heterocycles. The molecular weight excluding hydrogens is 360 g/mol. The second-order valence-corrected chi connectivity index (χ2v) is 6.55. The van der Waals surface area contributed by atoms with Crippen LogP contribution in [0.1, 0.15) is 21.6 Å². The number of hydrogen-bond donors (Lipinski definition) is 0. The molecule has 8 heteroatoms. The number of ether oxygens (including phenoxy) is 1. The monoisotopic (exact) mass is 374 g/mol. The third-order valence-corrected chi connectivity index (χ3v) is 4.54. The Bertz CT molecular complexity index is 942. The molecule has 6 nitrogen and oxygen atoms in total. The predicted molar refractivity (Wildman–Crippen MR) is 97.0 cm³/mol. The summed E-state index contributed by atoms with van der Waals surface area (Å²) in [6.07, 6.45) is 2.97. The average Bonchev–Trinajstić information content (AvgIpc) is 3.02. The van der Waals surface area contributed by atoms with Crippen LogP contribution < -0.4 is 0 Å². The first-order valence-corrected chi connectivity index (χ1v) is 8.82. The van der Waals surface area contributed by atoms with Crippen LogP contribution in [-0.4, -0.2) is 32.2 Å². The number of esters is 1. The zero-order valence-electron chi connectivity index (χ0n) is 13.5. The molecule has 0 bridgehead atoms. The fourth-order valence-corrected chi connectivity index (χ4v) is 3.15. The van der Waals surface area contributed by atoms with E-state index < -0.39 is 5.97 Å². The predicted octanol–water partition coefficient (Wildman–Crippen LogP) is 3.72. The Balaban J connectivity index is 1.81. The van der Waals surface area contributed by atoms with Gasteiger partial charge in [-0.2, -0.15) is 9.50 Å². The second-order valence-electron chi connectivity index (χ2n) is 5.17. The molecule has 0 fully saturated rings. The van der Waals surface area contributed by atoms with E-state index in [0.29, 0.717) is 33.0 Å². The Morgan fingerprint density at radius 3 is 3.08 bits per heavy atom. The van der Waals surface area contributed by atoms with Gasteiger partial charge in [0.1, 0.15) is 6.61 Å². The molecule has 0 saturated carbocycles. The highest BCUT2D eigenvalue weighted by Gasteiger charge is 2.16. The summed E-state index contributed by atoms with van der Waals surface area (Å²) in [4.78, 5) is 20.6. The molecular formula is C17H15ClN4O2S. The van der Waals surface area contributed by atoms with E-state index in [1.807, 2.05) is 24.3 Å². The number of benzene rings is 1. The first kappa shape index (κ1) is 17.4. The lowest BCUT2D eigenvalue weighted by atomic mass is 10.2. The van der Waals surface area contributed by atoms with Gasteiger partial charge in [0, 0.05) is 17.0 Å². The van der Waals surface area contributed by atoms with Crippen LogP contribution in [0.4, 0.5) is 0 Å². The highest BCUT2D eigenvalue weighted by atomic mass is 35.5. The normalized spacial score (nSPS) is 10.8. The number of aryl methyl sites for hydroxylation is 1. The Labute approximate surface area is 153 Å². The van der Waals surface area contributed by atoms with E-state index in [2.05, 4.69) is 21.6 Å². The summed E-state index contributed by atoms with van der Waals surface area (Å²) in [5, 5.41) is 5.69. The Hall–Kier alpha value is -2.38. The SMILES string of the molecule is C=CCOC(=O)c1cnc2nc(SCc3cccc(Cl)c3)nn2c1C. The zero-order valence-corrected chi connectivity index (χ0v) is 15.0. The van der Waals surface area contributed by atoms with Crippen molar-refractivity contribution in [2.45, 2.75) is 17.8 Å². The third kappa shape index (κ3) is 4.00. The number of carbonyl (C=O) groups excluding carboxylic acids is 1. The van der Waals surface area contributed by atoms with E-state index in [0.717, 1.165) is 5.56 Å². The summed E-state index contributed by atoms with van der Waals surface area (Å²) in [5.41, 5.74) is 2.06. The zero-order chi connectivity index (χ0) is 17.8. The van der Waals surface area contributed by atoms with Gasteiger partial charge < -0.3 is 4.74 Å². The van der Waals surface area contributed by atoms with Crippen molar-refractivity contribution >= 4 is 35.1 Å². The number of rotatable bonds is 6. The highest BCUT2D eigenvalue weighted by Crippen LogP contribution is 2.22. The largest absolute Gasteiger partial charge is 0.458 e. The van der Waals surface area contributed by atoms with E-state index >= 15 is 0 Å². The number of hydrogen-bond acceptors (Lipinski definition) is 6. The van der Waals surface area contributed by atoms with Gasteiger partial charge in [0.2, 0.25) is 5.16 Å². The van der Waals surface area contributed by atoms with Gasteiger partial charge in [-0.3, -0.25) is 0 Å². The lowest BCUT2D eigenvalue weighted by molar-refractivity contribution is 0.0547. The molecule has 0 aliphatic heterocycles. The van der Waals surface area contributed by atoms with Crippen molar-refractivity contribution in [3.63, 3.8) is 0 Å². The molecule has 0 radical (unpaired) electrons. The molecule has 25 heavy (non-hydrogen) atoms. The summed E-state index contributed by atoms with van der Waals surface area (Å²) >= 11 is 7.46. The van der Waals surface area contributed by atoms with E-state index in [-0.39, 0.29) is 6.61 Å². The number of carbonyl (C=O) groups is 1. The van der Waals surface area contributed by atoms with Crippen molar-refractivity contribution in [3.8, 4) is 0 Å². The van der Waals surface area contributed by atoms with Crippen LogP contribution in [0, 0.1) is 6.92 Å². The van der Waals surface area contributed by atoms with Gasteiger partial charge in [-0.05, 0) is 24.6 Å². The van der Waals surface area contributed by atoms with E-state index in [4.69, 9.17) is 16.3 Å². The van der Waals surface area contributed by atoms with E-state index in [1.165, 1.54) is 24.0 Å². The van der Waals surface area contributed by atoms with Crippen LogP contribution in [-0.2, 0) is 10.5 Å². The van der Waals surface area contributed by atoms with Gasteiger partial charge in [0.25, 0.3) is 5.78 Å². The molecule has 2 heterocycles. The number of aromatic nitrogens is 4. The second kappa shape index (κ2) is 7.67. The van der Waals surface area contributed by atoms with Gasteiger partial charge in [-0.25, -0.2) is 9.78 Å². The maximum atomic E-state index is 12.0. The molecule has 0 unspecified atom stereocenters. The molecule has 0 spiro atoms. The molecule has 3 rings (SSSR count). The summed E-state index contributed by atoms with van der Waals surface area (Å²) in [5.74, 6) is 0.659. The number of nitrogens with zero attached hydrogens (tertiary/aromatic N) is 4. The van der Waals surface area contributed by atoms with Gasteiger partial charge in [-0.1, -0.05) is 48.2 Å². The number of fused-ring (bicyclic) bond motifs is 1. The quantitative estimate of drug-likeness (QED) is 0.372. The van der Waals surface area contributed by atoms with Crippen molar-refractivity contribution in [1.29, 1.82) is 0 Å². The minimum absolute atomic E-state index is 0.147. The fraction of sp³-hybridized carbons (Fsp3) is 0.176. The molecule has 0 aliphatic carbocycles. The minimum Gasteiger partial charge on any atom is -0.458 e. The molecule has 3 aromatic rings. The smallest absolute Gasteiger partial charge is 0.341 e. The van der Waals surface area contributed by atoms with E-state index in [1.54, 1.807) is 11.4 Å². The molecule has 0 amide bonds. The summed E-state index contributed by atoms with van der Waals surface area (Å²) in [6.45, 7) is 5.45. The Morgan fingerprint density at radius 1 is 1.48 bits per heavy atom. The molecule has 0 saturated heterocycles.